The van der Waals surface area contributed by atoms with Crippen molar-refractivity contribution in [3.8, 4) is 0 Å². The number of phosphoric ester groups is 1. The van der Waals surface area contributed by atoms with Gasteiger partial charge in [-0.25, -0.2) is 4.57 Å². The monoisotopic (exact) mass is 280 g/mol. The van der Waals surface area contributed by atoms with Crippen LogP contribution in [0.5, 0.6) is 0 Å². The molecule has 110 valence electrons. The second kappa shape index (κ2) is 6.04. The second-order valence-electron chi connectivity index (χ2n) is 6.86. The van der Waals surface area contributed by atoms with E-state index in [1.54, 1.807) is 0 Å². The van der Waals surface area contributed by atoms with Crippen molar-refractivity contribution >= 4 is 7.82 Å². The molecular weight excluding hydrogens is 251 g/mol. The second-order valence-corrected chi connectivity index (χ2v) is 8.54. The minimum atomic E-state index is -3.51. The molecule has 0 aromatic heterocycles. The first kappa shape index (κ1) is 18.1. The lowest BCUT2D eigenvalue weighted by Gasteiger charge is -2.33. The molecule has 0 amide bonds. The number of phosphoric acid groups is 1. The van der Waals surface area contributed by atoms with Crippen molar-refractivity contribution in [2.45, 2.75) is 67.6 Å². The minimum Gasteiger partial charge on any atom is -0.290 e. The maximum absolute atomic E-state index is 12.4. The Kier molecular flexibility index (Phi) is 6.08. The highest BCUT2D eigenvalue weighted by Crippen LogP contribution is 2.54. The van der Waals surface area contributed by atoms with Gasteiger partial charge in [0.1, 0.15) is 0 Å². The summed E-state index contributed by atoms with van der Waals surface area (Å²) in [6.07, 6.45) is -0.453. The molecule has 0 fully saturated rings. The molecule has 0 aromatic carbocycles. The van der Waals surface area contributed by atoms with Crippen molar-refractivity contribution in [2.24, 2.45) is 10.8 Å². The maximum atomic E-state index is 12.4. The number of hydrogen-bond acceptors (Lipinski definition) is 4. The van der Waals surface area contributed by atoms with E-state index in [9.17, 15) is 4.57 Å². The van der Waals surface area contributed by atoms with Crippen LogP contribution < -0.4 is 0 Å². The molecule has 0 rings (SSSR count). The summed E-state index contributed by atoms with van der Waals surface area (Å²) < 4.78 is 28.5. The molecule has 5 heteroatoms. The molecule has 0 radical (unpaired) electrons. The van der Waals surface area contributed by atoms with Crippen LogP contribution in [0.15, 0.2) is 0 Å². The van der Waals surface area contributed by atoms with E-state index < -0.39 is 7.82 Å². The van der Waals surface area contributed by atoms with Gasteiger partial charge < -0.3 is 0 Å². The van der Waals surface area contributed by atoms with Crippen LogP contribution in [0.25, 0.3) is 0 Å². The Morgan fingerprint density at radius 2 is 1.11 bits per heavy atom. The predicted octanol–water partition coefficient (Wildman–Crippen LogP) is 4.64. The first-order chi connectivity index (χ1) is 7.82. The fourth-order valence-electron chi connectivity index (χ4n) is 0.814. The molecule has 0 aromatic rings. The Balaban J connectivity index is 4.79. The first-order valence-corrected chi connectivity index (χ1v) is 7.80. The van der Waals surface area contributed by atoms with Gasteiger partial charge in [0.25, 0.3) is 0 Å². The zero-order chi connectivity index (χ0) is 14.8. The SMILES string of the molecule is COP(=O)(OC(C)C(C)(C)C)OC(C)C(C)(C)C. The Morgan fingerprint density at radius 1 is 0.833 bits per heavy atom. The molecule has 0 N–H and O–H groups in total. The summed E-state index contributed by atoms with van der Waals surface area (Å²) in [6, 6.07) is 0. The highest BCUT2D eigenvalue weighted by Gasteiger charge is 2.37. The molecule has 0 aliphatic carbocycles. The van der Waals surface area contributed by atoms with Gasteiger partial charge in [0.05, 0.1) is 12.2 Å². The Labute approximate surface area is 112 Å². The maximum Gasteiger partial charge on any atom is 0.475 e. The Hall–Kier alpha value is 0.110. The lowest BCUT2D eigenvalue weighted by Crippen LogP contribution is -2.29. The van der Waals surface area contributed by atoms with E-state index >= 15 is 0 Å². The summed E-state index contributed by atoms with van der Waals surface area (Å²) in [5, 5.41) is 0. The highest BCUT2D eigenvalue weighted by atomic mass is 31.2. The molecule has 4 nitrogen and oxygen atoms in total. The van der Waals surface area contributed by atoms with Gasteiger partial charge in [-0.1, -0.05) is 41.5 Å². The fourth-order valence-corrected chi connectivity index (χ4v) is 2.44. The van der Waals surface area contributed by atoms with Crippen LogP contribution in [-0.4, -0.2) is 19.3 Å². The normalized spacial score (nSPS) is 20.3. The smallest absolute Gasteiger partial charge is 0.290 e. The minimum absolute atomic E-state index is 0.122. The molecule has 2 unspecified atom stereocenters. The molecule has 0 spiro atoms. The van der Waals surface area contributed by atoms with Gasteiger partial charge in [0.15, 0.2) is 0 Å². The van der Waals surface area contributed by atoms with Crippen LogP contribution in [-0.2, 0) is 18.1 Å². The average Bonchev–Trinajstić information content (AvgIpc) is 2.14. The lowest BCUT2D eigenvalue weighted by molar-refractivity contribution is 0.00637. The van der Waals surface area contributed by atoms with Crippen molar-refractivity contribution < 1.29 is 18.1 Å². The first-order valence-electron chi connectivity index (χ1n) is 6.34. The summed E-state index contributed by atoms with van der Waals surface area (Å²) in [7, 11) is -2.15. The molecule has 0 saturated carbocycles. The topological polar surface area (TPSA) is 44.8 Å². The van der Waals surface area contributed by atoms with Crippen molar-refractivity contribution in [3.63, 3.8) is 0 Å². The van der Waals surface area contributed by atoms with Crippen molar-refractivity contribution in [2.75, 3.05) is 7.11 Å². The summed E-state index contributed by atoms with van der Waals surface area (Å²) in [5.74, 6) is 0. The molecule has 2 atom stereocenters. The van der Waals surface area contributed by atoms with Crippen LogP contribution in [0, 0.1) is 10.8 Å². The van der Waals surface area contributed by atoms with Gasteiger partial charge in [0.2, 0.25) is 0 Å². The third-order valence-electron chi connectivity index (χ3n) is 3.24. The number of rotatable bonds is 5. The summed E-state index contributed by atoms with van der Waals surface area (Å²) in [6.45, 7) is 15.9. The van der Waals surface area contributed by atoms with Gasteiger partial charge in [-0.15, -0.1) is 0 Å². The predicted molar refractivity (Wildman–Crippen MR) is 74.6 cm³/mol. The molecule has 0 heterocycles. The van der Waals surface area contributed by atoms with Crippen LogP contribution in [0.4, 0.5) is 0 Å². The van der Waals surface area contributed by atoms with Crippen molar-refractivity contribution in [1.82, 2.24) is 0 Å². The summed E-state index contributed by atoms with van der Waals surface area (Å²) in [5.41, 5.74) is -0.245. The van der Waals surface area contributed by atoms with Gasteiger partial charge in [-0.05, 0) is 24.7 Å². The van der Waals surface area contributed by atoms with Gasteiger partial charge in [-0.2, -0.15) is 0 Å². The Morgan fingerprint density at radius 3 is 1.28 bits per heavy atom. The summed E-state index contributed by atoms with van der Waals surface area (Å²) >= 11 is 0. The quantitative estimate of drug-likeness (QED) is 0.688. The van der Waals surface area contributed by atoms with Crippen LogP contribution in [0.3, 0.4) is 0 Å². The van der Waals surface area contributed by atoms with Gasteiger partial charge >= 0.3 is 7.82 Å². The van der Waals surface area contributed by atoms with E-state index in [2.05, 4.69) is 0 Å². The molecule has 0 saturated heterocycles. The van der Waals surface area contributed by atoms with E-state index in [-0.39, 0.29) is 23.0 Å². The third kappa shape index (κ3) is 5.83. The van der Waals surface area contributed by atoms with Gasteiger partial charge in [-0.3, -0.25) is 13.6 Å². The van der Waals surface area contributed by atoms with E-state index in [1.807, 2.05) is 55.4 Å². The van der Waals surface area contributed by atoms with Crippen molar-refractivity contribution in [1.29, 1.82) is 0 Å². The summed E-state index contributed by atoms with van der Waals surface area (Å²) in [4.78, 5) is 0. The largest absolute Gasteiger partial charge is 0.475 e. The lowest BCUT2D eigenvalue weighted by atomic mass is 9.91. The average molecular weight is 280 g/mol. The third-order valence-corrected chi connectivity index (χ3v) is 4.83. The molecule has 18 heavy (non-hydrogen) atoms. The zero-order valence-electron chi connectivity index (χ0n) is 13.2. The fraction of sp³-hybridized carbons (Fsp3) is 1.00. The standard InChI is InChI=1S/C13H29O4P/c1-10(12(3,4)5)16-18(14,15-9)17-11(2)13(6,7)8/h10-11H,1-9H3. The van der Waals surface area contributed by atoms with Crippen LogP contribution in [0.2, 0.25) is 0 Å². The van der Waals surface area contributed by atoms with E-state index in [1.165, 1.54) is 7.11 Å². The molecule has 0 aliphatic rings. The van der Waals surface area contributed by atoms with E-state index in [0.717, 1.165) is 0 Å². The highest BCUT2D eigenvalue weighted by molar-refractivity contribution is 7.48. The van der Waals surface area contributed by atoms with E-state index in [0.29, 0.717) is 0 Å². The zero-order valence-corrected chi connectivity index (χ0v) is 14.1. The molecular formula is C13H29O4P. The van der Waals surface area contributed by atoms with E-state index in [4.69, 9.17) is 13.6 Å². The Bertz CT molecular complexity index is 275. The van der Waals surface area contributed by atoms with Crippen LogP contribution >= 0.6 is 7.82 Å². The molecule has 0 bridgehead atoms. The molecule has 0 aliphatic heterocycles. The van der Waals surface area contributed by atoms with Crippen molar-refractivity contribution in [3.05, 3.63) is 0 Å². The number of hydrogen-bond donors (Lipinski definition) is 0. The van der Waals surface area contributed by atoms with Gasteiger partial charge in [0, 0.05) is 7.11 Å². The van der Waals surface area contributed by atoms with Crippen LogP contribution in [0.1, 0.15) is 55.4 Å².